The van der Waals surface area contributed by atoms with Crippen LogP contribution < -0.4 is 0 Å². The van der Waals surface area contributed by atoms with E-state index in [0.29, 0.717) is 6.04 Å². The summed E-state index contributed by atoms with van der Waals surface area (Å²) in [7, 11) is 0. The summed E-state index contributed by atoms with van der Waals surface area (Å²) in [6.45, 7) is 5.87. The molecule has 1 N–H and O–H groups in total. The van der Waals surface area contributed by atoms with Crippen molar-refractivity contribution >= 4 is 5.97 Å². The highest BCUT2D eigenvalue weighted by Gasteiger charge is 2.38. The molecule has 2 saturated heterocycles. The Morgan fingerprint density at radius 2 is 2.12 bits per heavy atom. The van der Waals surface area contributed by atoms with Crippen molar-refractivity contribution in [1.82, 2.24) is 4.90 Å². The summed E-state index contributed by atoms with van der Waals surface area (Å²) in [5.74, 6) is -0.658. The van der Waals surface area contributed by atoms with E-state index in [0.717, 1.165) is 45.3 Å². The summed E-state index contributed by atoms with van der Waals surface area (Å²) in [4.78, 5) is 13.5. The van der Waals surface area contributed by atoms with Gasteiger partial charge in [0.05, 0.1) is 5.60 Å². The number of rotatable bonds is 2. The number of carboxylic acid groups (broad SMARTS) is 1. The second-order valence-electron chi connectivity index (χ2n) is 5.84. The number of carboxylic acids is 1. The van der Waals surface area contributed by atoms with Crippen LogP contribution in [0.25, 0.3) is 0 Å². The van der Waals surface area contributed by atoms with E-state index in [1.54, 1.807) is 0 Å². The van der Waals surface area contributed by atoms with E-state index in [1.807, 2.05) is 0 Å². The maximum absolute atomic E-state index is 11.3. The van der Waals surface area contributed by atoms with E-state index in [9.17, 15) is 9.90 Å². The Balaban J connectivity index is 2.05. The fourth-order valence-electron chi connectivity index (χ4n) is 3.14. The van der Waals surface area contributed by atoms with Crippen LogP contribution in [0.1, 0.15) is 46.0 Å². The van der Waals surface area contributed by atoms with Crippen LogP contribution in [-0.2, 0) is 9.53 Å². The SMILES string of the molecule is CC1(C)CC(N2CCCCC2C(=O)O)CCO1. The molecule has 2 unspecified atom stereocenters. The number of piperidine rings is 1. The van der Waals surface area contributed by atoms with Crippen LogP contribution in [0.15, 0.2) is 0 Å². The second kappa shape index (κ2) is 4.94. The molecule has 0 aromatic heterocycles. The monoisotopic (exact) mass is 241 g/mol. The minimum Gasteiger partial charge on any atom is -0.480 e. The molecule has 0 saturated carbocycles. The molecule has 4 heteroatoms. The summed E-state index contributed by atoms with van der Waals surface area (Å²) < 4.78 is 5.71. The number of hydrogen-bond donors (Lipinski definition) is 1. The number of hydrogen-bond acceptors (Lipinski definition) is 3. The lowest BCUT2D eigenvalue weighted by Crippen LogP contribution is -2.54. The fourth-order valence-corrected chi connectivity index (χ4v) is 3.14. The van der Waals surface area contributed by atoms with E-state index >= 15 is 0 Å². The molecule has 2 rings (SSSR count). The zero-order valence-corrected chi connectivity index (χ0v) is 10.8. The molecule has 4 nitrogen and oxygen atoms in total. The maximum atomic E-state index is 11.3. The van der Waals surface area contributed by atoms with Gasteiger partial charge in [-0.3, -0.25) is 9.69 Å². The van der Waals surface area contributed by atoms with Gasteiger partial charge in [-0.1, -0.05) is 6.42 Å². The average molecular weight is 241 g/mol. The Labute approximate surface area is 103 Å². The van der Waals surface area contributed by atoms with Crippen molar-refractivity contribution < 1.29 is 14.6 Å². The molecule has 0 radical (unpaired) electrons. The number of ether oxygens (including phenoxy) is 1. The molecule has 0 aromatic rings. The second-order valence-corrected chi connectivity index (χ2v) is 5.84. The van der Waals surface area contributed by atoms with E-state index in [4.69, 9.17) is 4.74 Å². The quantitative estimate of drug-likeness (QED) is 0.802. The highest BCUT2D eigenvalue weighted by molar-refractivity contribution is 5.73. The van der Waals surface area contributed by atoms with Gasteiger partial charge < -0.3 is 9.84 Å². The Bertz CT molecular complexity index is 290. The molecule has 0 bridgehead atoms. The van der Waals surface area contributed by atoms with E-state index in [-0.39, 0.29) is 11.6 Å². The first-order chi connectivity index (χ1) is 7.99. The molecule has 0 aromatic carbocycles. The highest BCUT2D eigenvalue weighted by atomic mass is 16.5. The Hall–Kier alpha value is -0.610. The van der Waals surface area contributed by atoms with Gasteiger partial charge in [0.1, 0.15) is 6.04 Å². The summed E-state index contributed by atoms with van der Waals surface area (Å²) in [6.07, 6.45) is 4.87. The van der Waals surface area contributed by atoms with Gasteiger partial charge in [0.15, 0.2) is 0 Å². The molecule has 0 spiro atoms. The average Bonchev–Trinajstić information content (AvgIpc) is 2.27. The number of likely N-dealkylation sites (tertiary alicyclic amines) is 1. The lowest BCUT2D eigenvalue weighted by atomic mass is 9.89. The van der Waals surface area contributed by atoms with Crippen molar-refractivity contribution in [1.29, 1.82) is 0 Å². The Morgan fingerprint density at radius 1 is 1.35 bits per heavy atom. The first-order valence-electron chi connectivity index (χ1n) is 6.62. The van der Waals surface area contributed by atoms with Gasteiger partial charge in [-0.2, -0.15) is 0 Å². The predicted octanol–water partition coefficient (Wildman–Crippen LogP) is 1.88. The summed E-state index contributed by atoms with van der Waals surface area (Å²) in [5.41, 5.74) is -0.108. The first kappa shape index (κ1) is 12.8. The molecule has 0 aliphatic carbocycles. The predicted molar refractivity (Wildman–Crippen MR) is 65.0 cm³/mol. The topological polar surface area (TPSA) is 49.8 Å². The van der Waals surface area contributed by atoms with Gasteiger partial charge in [-0.25, -0.2) is 0 Å². The number of aliphatic carboxylic acids is 1. The summed E-state index contributed by atoms with van der Waals surface area (Å²) in [5, 5.41) is 9.30. The molecule has 2 atom stereocenters. The smallest absolute Gasteiger partial charge is 0.320 e. The third kappa shape index (κ3) is 2.99. The van der Waals surface area contributed by atoms with Crippen LogP contribution in [0.3, 0.4) is 0 Å². The lowest BCUT2D eigenvalue weighted by Gasteiger charge is -2.45. The molecule has 98 valence electrons. The molecule has 2 aliphatic rings. The van der Waals surface area contributed by atoms with E-state index in [1.165, 1.54) is 0 Å². The van der Waals surface area contributed by atoms with Gasteiger partial charge in [0, 0.05) is 12.6 Å². The zero-order valence-electron chi connectivity index (χ0n) is 10.8. The van der Waals surface area contributed by atoms with Gasteiger partial charge in [-0.15, -0.1) is 0 Å². The Morgan fingerprint density at radius 3 is 2.76 bits per heavy atom. The van der Waals surface area contributed by atoms with Gasteiger partial charge in [-0.05, 0) is 46.1 Å². The molecule has 2 heterocycles. The van der Waals surface area contributed by atoms with Crippen LogP contribution in [0, 0.1) is 0 Å². The minimum atomic E-state index is -0.658. The van der Waals surface area contributed by atoms with Crippen LogP contribution in [0.4, 0.5) is 0 Å². The molecule has 0 amide bonds. The first-order valence-corrected chi connectivity index (χ1v) is 6.62. The van der Waals surface area contributed by atoms with E-state index < -0.39 is 5.97 Å². The van der Waals surface area contributed by atoms with Crippen molar-refractivity contribution in [2.75, 3.05) is 13.2 Å². The fraction of sp³-hybridized carbons (Fsp3) is 0.923. The maximum Gasteiger partial charge on any atom is 0.320 e. The normalized spacial score (nSPS) is 34.5. The third-order valence-corrected chi connectivity index (χ3v) is 3.97. The van der Waals surface area contributed by atoms with Gasteiger partial charge in [0.2, 0.25) is 0 Å². The molecular formula is C13H23NO3. The number of carbonyl (C=O) groups is 1. The van der Waals surface area contributed by atoms with Gasteiger partial charge in [0.25, 0.3) is 0 Å². The third-order valence-electron chi connectivity index (χ3n) is 3.97. The van der Waals surface area contributed by atoms with Crippen LogP contribution in [0.5, 0.6) is 0 Å². The molecule has 2 fully saturated rings. The summed E-state index contributed by atoms with van der Waals surface area (Å²) >= 11 is 0. The highest BCUT2D eigenvalue weighted by Crippen LogP contribution is 2.31. The van der Waals surface area contributed by atoms with Crippen molar-refractivity contribution in [3.63, 3.8) is 0 Å². The molecule has 17 heavy (non-hydrogen) atoms. The zero-order chi connectivity index (χ0) is 12.5. The van der Waals surface area contributed by atoms with Crippen molar-refractivity contribution in [2.24, 2.45) is 0 Å². The van der Waals surface area contributed by atoms with Crippen molar-refractivity contribution in [3.8, 4) is 0 Å². The number of nitrogens with zero attached hydrogens (tertiary/aromatic N) is 1. The lowest BCUT2D eigenvalue weighted by molar-refractivity contribution is -0.149. The van der Waals surface area contributed by atoms with Crippen LogP contribution in [-0.4, -0.2) is 46.8 Å². The standard InChI is InChI=1S/C13H23NO3/c1-13(2)9-10(6-8-17-13)14-7-4-3-5-11(14)12(15)16/h10-11H,3-9H2,1-2H3,(H,15,16). The Kier molecular flexibility index (Phi) is 3.73. The van der Waals surface area contributed by atoms with Crippen LogP contribution in [0.2, 0.25) is 0 Å². The van der Waals surface area contributed by atoms with Crippen LogP contribution >= 0.6 is 0 Å². The van der Waals surface area contributed by atoms with E-state index in [2.05, 4.69) is 18.7 Å². The molecular weight excluding hydrogens is 218 g/mol. The van der Waals surface area contributed by atoms with Crippen molar-refractivity contribution in [3.05, 3.63) is 0 Å². The minimum absolute atomic E-state index is 0.108. The largest absolute Gasteiger partial charge is 0.480 e. The van der Waals surface area contributed by atoms with Gasteiger partial charge >= 0.3 is 5.97 Å². The summed E-state index contributed by atoms with van der Waals surface area (Å²) in [6, 6.07) is 0.0998. The van der Waals surface area contributed by atoms with Crippen molar-refractivity contribution in [2.45, 2.75) is 63.6 Å². The molecule has 2 aliphatic heterocycles.